The van der Waals surface area contributed by atoms with Crippen molar-refractivity contribution >= 4 is 11.5 Å². The Labute approximate surface area is 80.4 Å². The second-order valence-corrected chi connectivity index (χ2v) is 2.59. The lowest BCUT2D eigenvalue weighted by molar-refractivity contribution is -0.385. The predicted molar refractivity (Wildman–Crippen MR) is 40.2 cm³/mol. The molecule has 1 heterocycles. The summed E-state index contributed by atoms with van der Waals surface area (Å²) in [4.78, 5) is 20.0. The zero-order valence-electron chi connectivity index (χ0n) is 7.28. The van der Waals surface area contributed by atoms with Crippen molar-refractivity contribution in [3.63, 3.8) is 0 Å². The van der Waals surface area contributed by atoms with Crippen LogP contribution in [0.25, 0.3) is 0 Å². The molecule has 0 unspecified atom stereocenters. The molecule has 0 amide bonds. The van der Waals surface area contributed by atoms with Crippen LogP contribution in [-0.2, 0) is 7.05 Å². The number of carbonyl (C=O) groups is 1. The second-order valence-electron chi connectivity index (χ2n) is 2.59. The Morgan fingerprint density at radius 1 is 1.60 bits per heavy atom. The van der Waals surface area contributed by atoms with E-state index in [0.717, 1.165) is 7.05 Å². The van der Waals surface area contributed by atoms with Gasteiger partial charge in [0.15, 0.2) is 5.69 Å². The summed E-state index contributed by atoms with van der Waals surface area (Å²) < 4.78 is 36.6. The van der Waals surface area contributed by atoms with Gasteiger partial charge >= 0.3 is 11.9 Å². The van der Waals surface area contributed by atoms with Crippen LogP contribution in [0.15, 0.2) is 6.20 Å². The Morgan fingerprint density at radius 2 is 2.13 bits per heavy atom. The van der Waals surface area contributed by atoms with E-state index in [9.17, 15) is 28.1 Å². The molecule has 6 nitrogen and oxygen atoms in total. The molecule has 1 rings (SSSR count). The molecule has 1 aromatic heterocycles. The summed E-state index contributed by atoms with van der Waals surface area (Å²) in [6.45, 7) is 0. The third kappa shape index (κ3) is 1.95. The highest BCUT2D eigenvalue weighted by molar-refractivity contribution is 6.01. The number of nitro groups is 1. The molecule has 0 spiro atoms. The van der Waals surface area contributed by atoms with Crippen LogP contribution in [0.2, 0.25) is 0 Å². The first kappa shape index (κ1) is 11.1. The number of aryl methyl sites for hydroxylation is 1. The smallest absolute Gasteiger partial charge is 0.282 e. The van der Waals surface area contributed by atoms with E-state index in [1.165, 1.54) is 0 Å². The summed E-state index contributed by atoms with van der Waals surface area (Å²) in [5.74, 6) is -2.28. The summed E-state index contributed by atoms with van der Waals surface area (Å²) >= 11 is 0. The molecule has 0 saturated carbocycles. The lowest BCUT2D eigenvalue weighted by Crippen LogP contribution is -2.26. The van der Waals surface area contributed by atoms with Gasteiger partial charge in [-0.25, -0.2) is 0 Å². The van der Waals surface area contributed by atoms with Crippen molar-refractivity contribution in [3.8, 4) is 0 Å². The molecule has 0 atom stereocenters. The zero-order valence-corrected chi connectivity index (χ0v) is 7.28. The van der Waals surface area contributed by atoms with E-state index in [-0.39, 0.29) is 0 Å². The van der Waals surface area contributed by atoms with Crippen molar-refractivity contribution in [3.05, 3.63) is 22.0 Å². The summed E-state index contributed by atoms with van der Waals surface area (Å²) in [5, 5.41) is 13.5. The molecule has 1 aromatic rings. The number of hydrogen-bond acceptors (Lipinski definition) is 4. The van der Waals surface area contributed by atoms with Crippen LogP contribution in [0.5, 0.6) is 0 Å². The van der Waals surface area contributed by atoms with E-state index in [1.54, 1.807) is 0 Å². The highest BCUT2D eigenvalue weighted by Gasteiger charge is 2.45. The Balaban J connectivity index is 3.30. The number of hydrogen-bond donors (Lipinski definition) is 0. The average molecular weight is 223 g/mol. The van der Waals surface area contributed by atoms with Gasteiger partial charge in [0.1, 0.15) is 6.20 Å². The maximum absolute atomic E-state index is 12.0. The fourth-order valence-electron chi connectivity index (χ4n) is 0.957. The highest BCUT2D eigenvalue weighted by atomic mass is 19.4. The summed E-state index contributed by atoms with van der Waals surface area (Å²) in [7, 11) is 1.02. The number of carbonyl (C=O) groups excluding carboxylic acids is 1. The van der Waals surface area contributed by atoms with Crippen LogP contribution < -0.4 is 0 Å². The molecule has 0 bridgehead atoms. The van der Waals surface area contributed by atoms with Gasteiger partial charge in [0.25, 0.3) is 5.78 Å². The Hall–Kier alpha value is -1.93. The third-order valence-corrected chi connectivity index (χ3v) is 1.59. The number of ketones is 1. The normalized spacial score (nSPS) is 11.5. The first-order valence-corrected chi connectivity index (χ1v) is 3.53. The monoisotopic (exact) mass is 223 g/mol. The molecule has 0 fully saturated rings. The van der Waals surface area contributed by atoms with Gasteiger partial charge in [-0.15, -0.1) is 0 Å². The number of rotatable bonds is 2. The van der Waals surface area contributed by atoms with Gasteiger partial charge in [-0.3, -0.25) is 19.6 Å². The minimum absolute atomic E-state index is 0.522. The van der Waals surface area contributed by atoms with Crippen molar-refractivity contribution in [1.82, 2.24) is 9.78 Å². The van der Waals surface area contributed by atoms with Crippen LogP contribution in [0.1, 0.15) is 10.5 Å². The number of nitrogens with zero attached hydrogens (tertiary/aromatic N) is 3. The van der Waals surface area contributed by atoms with Gasteiger partial charge < -0.3 is 0 Å². The average Bonchev–Trinajstić information content (AvgIpc) is 2.44. The number of Topliss-reactive ketones (excluding diaryl/α,β-unsaturated/α-hetero) is 1. The highest BCUT2D eigenvalue weighted by Crippen LogP contribution is 2.26. The second kappa shape index (κ2) is 3.33. The van der Waals surface area contributed by atoms with Crippen molar-refractivity contribution in [1.29, 1.82) is 0 Å². The van der Waals surface area contributed by atoms with E-state index >= 15 is 0 Å². The van der Waals surface area contributed by atoms with Crippen LogP contribution >= 0.6 is 0 Å². The molecule has 0 N–H and O–H groups in total. The molecular formula is C6H4F3N3O3. The molecule has 0 saturated heterocycles. The number of alkyl halides is 3. The molecule has 0 aliphatic carbocycles. The van der Waals surface area contributed by atoms with E-state index < -0.39 is 28.3 Å². The SMILES string of the molecule is Cn1ncc([N+](=O)[O-])c1C(=O)C(F)(F)F. The van der Waals surface area contributed by atoms with Crippen LogP contribution in [0.3, 0.4) is 0 Å². The van der Waals surface area contributed by atoms with Gasteiger partial charge in [0.2, 0.25) is 0 Å². The maximum Gasteiger partial charge on any atom is 0.456 e. The van der Waals surface area contributed by atoms with Crippen molar-refractivity contribution in [2.24, 2.45) is 7.05 Å². The molecular weight excluding hydrogens is 219 g/mol. The van der Waals surface area contributed by atoms with E-state index in [2.05, 4.69) is 5.10 Å². The number of aromatic nitrogens is 2. The minimum atomic E-state index is -5.15. The standard InChI is InChI=1S/C6H4F3N3O3/c1-11-4(5(13)6(7,8)9)3(2-10-11)12(14)15/h2H,1H3. The zero-order chi connectivity index (χ0) is 11.8. The Kier molecular flexibility index (Phi) is 2.48. The molecule has 82 valence electrons. The van der Waals surface area contributed by atoms with Gasteiger partial charge in [0, 0.05) is 7.05 Å². The molecule has 9 heteroatoms. The lowest BCUT2D eigenvalue weighted by Gasteiger charge is -2.04. The fraction of sp³-hybridized carbons (Fsp3) is 0.333. The molecule has 0 radical (unpaired) electrons. The molecule has 15 heavy (non-hydrogen) atoms. The maximum atomic E-state index is 12.0. The van der Waals surface area contributed by atoms with Crippen molar-refractivity contribution in [2.45, 2.75) is 6.18 Å². The first-order valence-electron chi connectivity index (χ1n) is 3.53. The molecule has 0 aliphatic heterocycles. The summed E-state index contributed by atoms with van der Waals surface area (Å²) in [6.07, 6.45) is -4.56. The first-order chi connectivity index (χ1) is 6.75. The van der Waals surface area contributed by atoms with Crippen molar-refractivity contribution in [2.75, 3.05) is 0 Å². The van der Waals surface area contributed by atoms with Gasteiger partial charge in [-0.1, -0.05) is 0 Å². The quantitative estimate of drug-likeness (QED) is 0.426. The van der Waals surface area contributed by atoms with E-state index in [4.69, 9.17) is 0 Å². The minimum Gasteiger partial charge on any atom is -0.282 e. The number of halogens is 3. The molecule has 0 aromatic carbocycles. The van der Waals surface area contributed by atoms with E-state index in [1.807, 2.05) is 0 Å². The predicted octanol–water partition coefficient (Wildman–Crippen LogP) is 1.07. The topological polar surface area (TPSA) is 78.0 Å². The lowest BCUT2D eigenvalue weighted by atomic mass is 10.2. The van der Waals surface area contributed by atoms with Crippen LogP contribution in [0.4, 0.5) is 18.9 Å². The van der Waals surface area contributed by atoms with Gasteiger partial charge in [0.05, 0.1) is 4.92 Å². The van der Waals surface area contributed by atoms with E-state index in [0.29, 0.717) is 10.9 Å². The third-order valence-electron chi connectivity index (χ3n) is 1.59. The van der Waals surface area contributed by atoms with Crippen molar-refractivity contribution < 1.29 is 22.9 Å². The Bertz CT molecular complexity index is 423. The Morgan fingerprint density at radius 3 is 2.53 bits per heavy atom. The fourth-order valence-corrected chi connectivity index (χ4v) is 0.957. The van der Waals surface area contributed by atoms with Gasteiger partial charge in [-0.05, 0) is 0 Å². The molecule has 0 aliphatic rings. The summed E-state index contributed by atoms with van der Waals surface area (Å²) in [5.41, 5.74) is -2.03. The largest absolute Gasteiger partial charge is 0.456 e. The van der Waals surface area contributed by atoms with Crippen LogP contribution in [-0.4, -0.2) is 26.7 Å². The van der Waals surface area contributed by atoms with Crippen LogP contribution in [0, 0.1) is 10.1 Å². The summed E-state index contributed by atoms with van der Waals surface area (Å²) in [6, 6.07) is 0. The van der Waals surface area contributed by atoms with Gasteiger partial charge in [-0.2, -0.15) is 18.3 Å².